The lowest BCUT2D eigenvalue weighted by Gasteiger charge is -2.36. The van der Waals surface area contributed by atoms with E-state index in [2.05, 4.69) is 34.7 Å². The number of halogens is 1. The Kier molecular flexibility index (Phi) is 5.93. The molecule has 2 heterocycles. The third-order valence-electron chi connectivity index (χ3n) is 4.71. The number of nitrogens with one attached hydrogen (secondary N) is 1. The van der Waals surface area contributed by atoms with Gasteiger partial charge in [-0.15, -0.1) is 11.3 Å². The van der Waals surface area contributed by atoms with Crippen molar-refractivity contribution in [2.75, 3.05) is 19.6 Å². The zero-order chi connectivity index (χ0) is 16.9. The number of piperidine rings is 1. The Hall–Kier alpha value is -1.36. The topological polar surface area (TPSA) is 32.3 Å². The first-order valence-electron chi connectivity index (χ1n) is 8.45. The molecule has 0 bridgehead atoms. The zero-order valence-corrected chi connectivity index (χ0v) is 15.4. The molecular weight excluding hydrogens is 340 g/mol. The molecule has 3 nitrogen and oxygen atoms in total. The second kappa shape index (κ2) is 8.15. The number of hydrogen-bond acceptors (Lipinski definition) is 3. The molecule has 1 saturated heterocycles. The predicted octanol–water partition coefficient (Wildman–Crippen LogP) is 4.60. The van der Waals surface area contributed by atoms with Crippen LogP contribution >= 0.6 is 22.9 Å². The Balaban J connectivity index is 1.68. The summed E-state index contributed by atoms with van der Waals surface area (Å²) in [5.74, 6) is 0.690. The highest BCUT2D eigenvalue weighted by molar-refractivity contribution is 7.10. The van der Waals surface area contributed by atoms with Crippen LogP contribution in [0.5, 0.6) is 0 Å². The van der Waals surface area contributed by atoms with Crippen LogP contribution in [0.4, 0.5) is 0 Å². The zero-order valence-electron chi connectivity index (χ0n) is 13.9. The summed E-state index contributed by atoms with van der Waals surface area (Å²) in [4.78, 5) is 16.3. The molecule has 1 N–H and O–H groups in total. The molecule has 1 aliphatic heterocycles. The van der Waals surface area contributed by atoms with E-state index in [9.17, 15) is 4.79 Å². The number of amides is 1. The van der Waals surface area contributed by atoms with Crippen molar-refractivity contribution in [2.45, 2.75) is 25.8 Å². The number of likely N-dealkylation sites (tertiary alicyclic amines) is 1. The molecule has 1 aromatic heterocycles. The summed E-state index contributed by atoms with van der Waals surface area (Å²) in [7, 11) is 0. The number of hydrogen-bond donors (Lipinski definition) is 1. The predicted molar refractivity (Wildman–Crippen MR) is 101 cm³/mol. The van der Waals surface area contributed by atoms with E-state index in [1.165, 1.54) is 17.7 Å². The number of rotatable bonds is 5. The fraction of sp³-hybridized carbons (Fsp3) is 0.421. The van der Waals surface area contributed by atoms with Gasteiger partial charge in [0.15, 0.2) is 0 Å². The minimum Gasteiger partial charge on any atom is -0.350 e. The molecule has 1 fully saturated rings. The SMILES string of the molecule is CC1CCN([C@@H](CNC(=O)c2ccccc2Cl)c2cccs2)CC1. The number of thiophene rings is 1. The van der Waals surface area contributed by atoms with Crippen LogP contribution in [-0.4, -0.2) is 30.4 Å². The van der Waals surface area contributed by atoms with Crippen LogP contribution in [0.2, 0.25) is 5.02 Å². The van der Waals surface area contributed by atoms with Gasteiger partial charge in [-0.25, -0.2) is 0 Å². The molecule has 0 saturated carbocycles. The minimum atomic E-state index is -0.104. The minimum absolute atomic E-state index is 0.104. The van der Waals surface area contributed by atoms with Gasteiger partial charge in [0, 0.05) is 11.4 Å². The van der Waals surface area contributed by atoms with Gasteiger partial charge in [0.2, 0.25) is 0 Å². The number of carbonyl (C=O) groups excluding carboxylic acids is 1. The molecule has 128 valence electrons. The van der Waals surface area contributed by atoms with E-state index in [4.69, 9.17) is 11.6 Å². The average Bonchev–Trinajstić information content (AvgIpc) is 3.11. The Bertz CT molecular complexity index is 666. The Morgan fingerprint density at radius 1 is 1.29 bits per heavy atom. The van der Waals surface area contributed by atoms with Crippen LogP contribution in [0.3, 0.4) is 0 Å². The van der Waals surface area contributed by atoms with Gasteiger partial charge in [0.05, 0.1) is 16.6 Å². The van der Waals surface area contributed by atoms with Crippen molar-refractivity contribution in [2.24, 2.45) is 5.92 Å². The van der Waals surface area contributed by atoms with E-state index in [0.29, 0.717) is 17.1 Å². The maximum atomic E-state index is 12.5. The molecule has 24 heavy (non-hydrogen) atoms. The molecular formula is C19H23ClN2OS. The highest BCUT2D eigenvalue weighted by atomic mass is 35.5. The van der Waals surface area contributed by atoms with Crippen molar-refractivity contribution in [3.05, 3.63) is 57.2 Å². The molecule has 1 amide bonds. The summed E-state index contributed by atoms with van der Waals surface area (Å²) < 4.78 is 0. The van der Waals surface area contributed by atoms with Gasteiger partial charge in [-0.2, -0.15) is 0 Å². The first kappa shape index (κ1) is 17.5. The maximum Gasteiger partial charge on any atom is 0.252 e. The quantitative estimate of drug-likeness (QED) is 0.842. The summed E-state index contributed by atoms with van der Waals surface area (Å²) in [6.45, 7) is 5.10. The van der Waals surface area contributed by atoms with Crippen LogP contribution < -0.4 is 5.32 Å². The van der Waals surface area contributed by atoms with Crippen molar-refractivity contribution in [1.82, 2.24) is 10.2 Å². The Morgan fingerprint density at radius 2 is 2.04 bits per heavy atom. The standard InChI is InChI=1S/C19H23ClN2OS/c1-14-8-10-22(11-9-14)17(18-7-4-12-24-18)13-21-19(23)15-5-2-3-6-16(15)20/h2-7,12,14,17H,8-11,13H2,1H3,(H,21,23)/t17-/m0/s1. The van der Waals surface area contributed by atoms with Crippen LogP contribution in [0.1, 0.15) is 41.0 Å². The summed E-state index contributed by atoms with van der Waals surface area (Å²) in [5.41, 5.74) is 0.538. The smallest absolute Gasteiger partial charge is 0.252 e. The van der Waals surface area contributed by atoms with E-state index in [1.54, 1.807) is 23.5 Å². The molecule has 5 heteroatoms. The number of benzene rings is 1. The third kappa shape index (κ3) is 4.18. The maximum absolute atomic E-state index is 12.5. The molecule has 2 aromatic rings. The summed E-state index contributed by atoms with van der Waals surface area (Å²) in [6.07, 6.45) is 2.45. The van der Waals surface area contributed by atoms with Crippen molar-refractivity contribution in [3.8, 4) is 0 Å². The van der Waals surface area contributed by atoms with Crippen molar-refractivity contribution in [3.63, 3.8) is 0 Å². The molecule has 0 aliphatic carbocycles. The highest BCUT2D eigenvalue weighted by Crippen LogP contribution is 2.29. The first-order chi connectivity index (χ1) is 11.6. The lowest BCUT2D eigenvalue weighted by molar-refractivity contribution is 0.0915. The van der Waals surface area contributed by atoms with Gasteiger partial charge < -0.3 is 5.32 Å². The Labute approximate surface area is 152 Å². The van der Waals surface area contributed by atoms with E-state index in [1.807, 2.05) is 12.1 Å². The third-order valence-corrected chi connectivity index (χ3v) is 6.01. The second-order valence-corrected chi connectivity index (χ2v) is 7.83. The van der Waals surface area contributed by atoms with E-state index in [0.717, 1.165) is 19.0 Å². The van der Waals surface area contributed by atoms with Gasteiger partial charge in [0.1, 0.15) is 0 Å². The van der Waals surface area contributed by atoms with E-state index < -0.39 is 0 Å². The average molecular weight is 363 g/mol. The fourth-order valence-corrected chi connectivity index (χ4v) is 4.24. The van der Waals surface area contributed by atoms with Gasteiger partial charge >= 0.3 is 0 Å². The summed E-state index contributed by atoms with van der Waals surface area (Å²) in [6, 6.07) is 11.7. The van der Waals surface area contributed by atoms with Crippen molar-refractivity contribution < 1.29 is 4.79 Å². The van der Waals surface area contributed by atoms with Crippen LogP contribution in [0.25, 0.3) is 0 Å². The van der Waals surface area contributed by atoms with Crippen molar-refractivity contribution >= 4 is 28.8 Å². The highest BCUT2D eigenvalue weighted by Gasteiger charge is 2.26. The lowest BCUT2D eigenvalue weighted by atomic mass is 9.97. The van der Waals surface area contributed by atoms with Gasteiger partial charge in [-0.3, -0.25) is 9.69 Å². The van der Waals surface area contributed by atoms with Crippen LogP contribution in [0, 0.1) is 5.92 Å². The summed E-state index contributed by atoms with van der Waals surface area (Å²) in [5, 5.41) is 5.68. The summed E-state index contributed by atoms with van der Waals surface area (Å²) >= 11 is 7.89. The number of nitrogens with zero attached hydrogens (tertiary/aromatic N) is 1. The van der Waals surface area contributed by atoms with Crippen LogP contribution in [0.15, 0.2) is 41.8 Å². The van der Waals surface area contributed by atoms with Gasteiger partial charge in [-0.05, 0) is 55.4 Å². The van der Waals surface area contributed by atoms with Crippen LogP contribution in [-0.2, 0) is 0 Å². The largest absolute Gasteiger partial charge is 0.350 e. The number of carbonyl (C=O) groups is 1. The molecule has 1 aromatic carbocycles. The fourth-order valence-electron chi connectivity index (χ4n) is 3.16. The second-order valence-electron chi connectivity index (χ2n) is 6.44. The van der Waals surface area contributed by atoms with Gasteiger partial charge in [-0.1, -0.05) is 36.7 Å². The Morgan fingerprint density at radius 3 is 2.71 bits per heavy atom. The normalized spacial score (nSPS) is 17.6. The molecule has 3 rings (SSSR count). The first-order valence-corrected chi connectivity index (χ1v) is 9.71. The molecule has 0 unspecified atom stereocenters. The van der Waals surface area contributed by atoms with E-state index >= 15 is 0 Å². The van der Waals surface area contributed by atoms with Gasteiger partial charge in [0.25, 0.3) is 5.91 Å². The molecule has 1 atom stereocenters. The monoisotopic (exact) mass is 362 g/mol. The van der Waals surface area contributed by atoms with E-state index in [-0.39, 0.29) is 11.9 Å². The van der Waals surface area contributed by atoms with Crippen molar-refractivity contribution in [1.29, 1.82) is 0 Å². The molecule has 0 spiro atoms. The lowest BCUT2D eigenvalue weighted by Crippen LogP contribution is -2.41. The molecule has 1 aliphatic rings. The molecule has 0 radical (unpaired) electrons.